The monoisotopic (exact) mass is 477 g/mol. The number of carboxylic acids is 2. The molecule has 0 bridgehead atoms. The van der Waals surface area contributed by atoms with E-state index in [-0.39, 0.29) is 5.56 Å². The van der Waals surface area contributed by atoms with E-state index in [1.54, 1.807) is 0 Å². The second-order valence-electron chi connectivity index (χ2n) is 8.62. The molecule has 2 aromatic heterocycles. The molecule has 35 heavy (non-hydrogen) atoms. The number of hydrogen-bond donors (Lipinski definition) is 3. The summed E-state index contributed by atoms with van der Waals surface area (Å²) in [5, 5.41) is 15.4. The van der Waals surface area contributed by atoms with Crippen LogP contribution in [0.15, 0.2) is 53.3 Å². The number of fused-ring (bicyclic) bond motifs is 2. The first-order valence-electron chi connectivity index (χ1n) is 11.4. The Hall–Kier alpha value is -4.05. The van der Waals surface area contributed by atoms with E-state index in [2.05, 4.69) is 44.6 Å². The van der Waals surface area contributed by atoms with E-state index in [1.807, 2.05) is 30.3 Å². The van der Waals surface area contributed by atoms with Crippen molar-refractivity contribution in [3.63, 3.8) is 0 Å². The molecule has 3 heterocycles. The number of aryl methyl sites for hydroxylation is 1. The summed E-state index contributed by atoms with van der Waals surface area (Å²) < 4.78 is 2.36. The van der Waals surface area contributed by atoms with Gasteiger partial charge >= 0.3 is 11.9 Å². The van der Waals surface area contributed by atoms with Crippen molar-refractivity contribution >= 4 is 33.9 Å². The molecule has 0 unspecified atom stereocenters. The molecule has 10 nitrogen and oxygen atoms in total. The summed E-state index contributed by atoms with van der Waals surface area (Å²) in [5.41, 5.74) is 3.02. The second-order valence-corrected chi connectivity index (χ2v) is 8.62. The first-order valence-corrected chi connectivity index (χ1v) is 11.4. The molecule has 2 aromatic carbocycles. The van der Waals surface area contributed by atoms with E-state index < -0.39 is 11.9 Å². The number of carbonyl (C=O) groups is 2. The summed E-state index contributed by atoms with van der Waals surface area (Å²) in [6.07, 6.45) is 2.29. The molecule has 0 spiro atoms. The number of H-pyrrole nitrogens is 1. The summed E-state index contributed by atoms with van der Waals surface area (Å²) in [7, 11) is 0. The third kappa shape index (κ3) is 5.72. The smallest absolute Gasteiger partial charge is 0.414 e. The first kappa shape index (κ1) is 24.1. The van der Waals surface area contributed by atoms with Gasteiger partial charge in [0.25, 0.3) is 5.56 Å². The molecule has 0 atom stereocenters. The van der Waals surface area contributed by atoms with E-state index in [1.165, 1.54) is 5.52 Å². The maximum absolute atomic E-state index is 12.3. The fourth-order valence-corrected chi connectivity index (χ4v) is 4.43. The topological polar surface area (TPSA) is 141 Å². The Morgan fingerprint density at radius 1 is 0.971 bits per heavy atom. The molecule has 1 aliphatic rings. The lowest BCUT2D eigenvalue weighted by molar-refractivity contribution is -0.159. The number of aliphatic carboxylic acids is 2. The van der Waals surface area contributed by atoms with Crippen molar-refractivity contribution in [3.05, 3.63) is 70.5 Å². The van der Waals surface area contributed by atoms with E-state index in [9.17, 15) is 4.79 Å². The Bertz CT molecular complexity index is 1410. The Labute approximate surface area is 200 Å². The normalized spacial score (nSPS) is 14.5. The summed E-state index contributed by atoms with van der Waals surface area (Å²) in [6.45, 7) is 5.85. The number of carboxylic acid groups (broad SMARTS) is 2. The number of aromatic nitrogens is 4. The van der Waals surface area contributed by atoms with Gasteiger partial charge in [0.1, 0.15) is 11.6 Å². The number of nitrogens with one attached hydrogen (secondary N) is 1. The van der Waals surface area contributed by atoms with Crippen molar-refractivity contribution in [1.29, 1.82) is 0 Å². The number of benzene rings is 2. The van der Waals surface area contributed by atoms with Gasteiger partial charge in [-0.05, 0) is 63.0 Å². The van der Waals surface area contributed by atoms with Crippen molar-refractivity contribution in [2.45, 2.75) is 32.9 Å². The zero-order valence-electron chi connectivity index (χ0n) is 19.3. The van der Waals surface area contributed by atoms with Gasteiger partial charge in [-0.1, -0.05) is 24.3 Å². The first-order chi connectivity index (χ1) is 16.8. The van der Waals surface area contributed by atoms with Gasteiger partial charge in [-0.15, -0.1) is 0 Å². The number of imidazole rings is 1. The molecule has 1 aliphatic heterocycles. The largest absolute Gasteiger partial charge is 0.473 e. The molecule has 10 heteroatoms. The number of aromatic amines is 1. The van der Waals surface area contributed by atoms with Crippen molar-refractivity contribution in [2.24, 2.45) is 5.92 Å². The molecule has 0 amide bonds. The number of nitrogens with zero attached hydrogens (tertiary/aromatic N) is 4. The van der Waals surface area contributed by atoms with Crippen LogP contribution in [0.3, 0.4) is 0 Å². The van der Waals surface area contributed by atoms with Gasteiger partial charge in [-0.2, -0.15) is 0 Å². The highest BCUT2D eigenvalue weighted by Gasteiger charge is 2.22. The zero-order chi connectivity index (χ0) is 24.9. The molecule has 1 saturated heterocycles. The molecule has 182 valence electrons. The minimum Gasteiger partial charge on any atom is -0.473 e. The SMILES string of the molecule is Cc1nc2ccccc2n1CC1CCN(Cc2nc3ccccc3c(=O)[nH]2)CC1.O=C(O)C(=O)O. The number of rotatable bonds is 4. The lowest BCUT2D eigenvalue weighted by Gasteiger charge is -2.32. The van der Waals surface area contributed by atoms with E-state index >= 15 is 0 Å². The van der Waals surface area contributed by atoms with Gasteiger partial charge in [0.2, 0.25) is 0 Å². The minimum absolute atomic E-state index is 0.0528. The maximum Gasteiger partial charge on any atom is 0.414 e. The van der Waals surface area contributed by atoms with E-state index in [0.717, 1.165) is 55.2 Å². The predicted octanol–water partition coefficient (Wildman–Crippen LogP) is 2.65. The van der Waals surface area contributed by atoms with E-state index in [0.29, 0.717) is 17.8 Å². The number of likely N-dealkylation sites (tertiary alicyclic amines) is 1. The van der Waals surface area contributed by atoms with Crippen molar-refractivity contribution in [1.82, 2.24) is 24.4 Å². The van der Waals surface area contributed by atoms with Gasteiger partial charge in [-0.25, -0.2) is 19.6 Å². The van der Waals surface area contributed by atoms with Gasteiger partial charge in [0.15, 0.2) is 0 Å². The van der Waals surface area contributed by atoms with Crippen LogP contribution in [-0.2, 0) is 22.7 Å². The van der Waals surface area contributed by atoms with Crippen molar-refractivity contribution in [2.75, 3.05) is 13.1 Å². The standard InChI is InChI=1S/C23H25N5O.C2H2O4/c1-16-24-20-8-4-5-9-21(20)28(16)14-17-10-12-27(13-11-17)15-22-25-19-7-3-2-6-18(19)23(29)26-22;3-1(4)2(5)6/h2-9,17H,10-15H2,1H3,(H,25,26,29);(H,3,4)(H,5,6). The Kier molecular flexibility index (Phi) is 7.21. The minimum atomic E-state index is -1.82. The third-order valence-electron chi connectivity index (χ3n) is 6.21. The number of para-hydroxylation sites is 3. The quantitative estimate of drug-likeness (QED) is 0.381. The molecular weight excluding hydrogens is 450 g/mol. The van der Waals surface area contributed by atoms with Gasteiger partial charge < -0.3 is 19.8 Å². The fourth-order valence-electron chi connectivity index (χ4n) is 4.43. The molecule has 0 saturated carbocycles. The van der Waals surface area contributed by atoms with Crippen LogP contribution in [0, 0.1) is 12.8 Å². The van der Waals surface area contributed by atoms with Crippen molar-refractivity contribution in [3.8, 4) is 0 Å². The van der Waals surface area contributed by atoms with Crippen LogP contribution in [0.1, 0.15) is 24.5 Å². The Balaban J connectivity index is 0.000000431. The maximum atomic E-state index is 12.3. The van der Waals surface area contributed by atoms with Crippen LogP contribution < -0.4 is 5.56 Å². The predicted molar refractivity (Wildman–Crippen MR) is 130 cm³/mol. The molecule has 5 rings (SSSR count). The molecule has 1 fully saturated rings. The Morgan fingerprint density at radius 3 is 2.29 bits per heavy atom. The van der Waals surface area contributed by atoms with Crippen LogP contribution in [0.25, 0.3) is 21.9 Å². The highest BCUT2D eigenvalue weighted by Crippen LogP contribution is 2.24. The molecule has 0 aliphatic carbocycles. The van der Waals surface area contributed by atoms with E-state index in [4.69, 9.17) is 24.8 Å². The fraction of sp³-hybridized carbons (Fsp3) is 0.320. The zero-order valence-corrected chi connectivity index (χ0v) is 19.3. The molecule has 4 aromatic rings. The summed E-state index contributed by atoms with van der Waals surface area (Å²) >= 11 is 0. The van der Waals surface area contributed by atoms with Crippen LogP contribution in [0.5, 0.6) is 0 Å². The average molecular weight is 478 g/mol. The third-order valence-corrected chi connectivity index (χ3v) is 6.21. The molecular formula is C25H27N5O5. The molecule has 3 N–H and O–H groups in total. The highest BCUT2D eigenvalue weighted by molar-refractivity contribution is 6.27. The lowest BCUT2D eigenvalue weighted by Crippen LogP contribution is -2.35. The molecule has 0 radical (unpaired) electrons. The summed E-state index contributed by atoms with van der Waals surface area (Å²) in [5.74, 6) is -1.16. The number of piperidine rings is 1. The lowest BCUT2D eigenvalue weighted by atomic mass is 9.96. The highest BCUT2D eigenvalue weighted by atomic mass is 16.4. The van der Waals surface area contributed by atoms with Gasteiger partial charge in [0, 0.05) is 6.54 Å². The van der Waals surface area contributed by atoms with Crippen LogP contribution in [0.2, 0.25) is 0 Å². The van der Waals surface area contributed by atoms with Crippen LogP contribution in [0.4, 0.5) is 0 Å². The summed E-state index contributed by atoms with van der Waals surface area (Å²) in [4.78, 5) is 45.2. The Morgan fingerprint density at radius 2 is 1.60 bits per heavy atom. The summed E-state index contributed by atoms with van der Waals surface area (Å²) in [6, 6.07) is 15.9. The second kappa shape index (κ2) is 10.5. The van der Waals surface area contributed by atoms with Crippen molar-refractivity contribution < 1.29 is 19.8 Å². The average Bonchev–Trinajstić information content (AvgIpc) is 3.15. The van der Waals surface area contributed by atoms with Crippen LogP contribution >= 0.6 is 0 Å². The van der Waals surface area contributed by atoms with Crippen LogP contribution in [-0.4, -0.2) is 59.7 Å². The van der Waals surface area contributed by atoms with Gasteiger partial charge in [0.05, 0.1) is 28.5 Å². The number of hydrogen-bond acceptors (Lipinski definition) is 6. The van der Waals surface area contributed by atoms with Gasteiger partial charge in [-0.3, -0.25) is 9.69 Å².